The van der Waals surface area contributed by atoms with Crippen molar-refractivity contribution in [2.24, 2.45) is 0 Å². The van der Waals surface area contributed by atoms with Gasteiger partial charge in [-0.25, -0.2) is 9.97 Å². The zero-order valence-electron chi connectivity index (χ0n) is 16.2. The largest absolute Gasteiger partial charge is 0.278 e. The molecule has 0 unspecified atom stereocenters. The van der Waals surface area contributed by atoms with Gasteiger partial charge < -0.3 is 0 Å². The van der Waals surface area contributed by atoms with E-state index in [1.165, 1.54) is 0 Å². The molecular formula is C26H16BN3. The summed E-state index contributed by atoms with van der Waals surface area (Å²) in [5.74, 6) is 0.643. The summed E-state index contributed by atoms with van der Waals surface area (Å²) in [6.45, 7) is 0. The molecule has 0 aliphatic rings. The van der Waals surface area contributed by atoms with Crippen molar-refractivity contribution in [1.29, 1.82) is 0 Å². The van der Waals surface area contributed by atoms with Crippen LogP contribution in [-0.4, -0.2) is 22.4 Å². The molecule has 0 aliphatic carbocycles. The highest BCUT2D eigenvalue weighted by molar-refractivity contribution is 6.33. The van der Waals surface area contributed by atoms with E-state index in [1.807, 2.05) is 54.6 Å². The molecule has 0 spiro atoms. The van der Waals surface area contributed by atoms with Gasteiger partial charge in [-0.15, -0.1) is 0 Å². The Morgan fingerprint density at radius 3 is 2.17 bits per heavy atom. The van der Waals surface area contributed by atoms with Gasteiger partial charge >= 0.3 is 0 Å². The maximum Gasteiger partial charge on any atom is 0.235 e. The molecule has 2 heterocycles. The van der Waals surface area contributed by atoms with Crippen LogP contribution in [0.4, 0.5) is 0 Å². The fourth-order valence-electron chi connectivity index (χ4n) is 4.18. The van der Waals surface area contributed by atoms with Crippen LogP contribution >= 0.6 is 0 Å². The van der Waals surface area contributed by atoms with Crippen molar-refractivity contribution < 1.29 is 0 Å². The molecule has 0 bridgehead atoms. The first kappa shape index (κ1) is 17.0. The van der Waals surface area contributed by atoms with Crippen molar-refractivity contribution in [3.63, 3.8) is 0 Å². The molecule has 0 amide bonds. The molecule has 2 radical (unpaired) electrons. The second-order valence-corrected chi connectivity index (χ2v) is 7.38. The Kier molecular flexibility index (Phi) is 3.72. The average molecular weight is 381 g/mol. The van der Waals surface area contributed by atoms with Crippen molar-refractivity contribution in [1.82, 2.24) is 14.5 Å². The standard InChI is InChI=1S/C26H16BN3/c27-18-14-15-20-19-10-5-7-13-23(19)30(24(20)16-18)26-28-22-12-6-4-11-21(22)25(29-26)17-8-2-1-3-9-17/h1-16H. The third-order valence-electron chi connectivity index (χ3n) is 5.54. The molecule has 3 nitrogen and oxygen atoms in total. The Balaban J connectivity index is 1.76. The van der Waals surface area contributed by atoms with Gasteiger partial charge in [-0.1, -0.05) is 84.3 Å². The van der Waals surface area contributed by atoms with Crippen LogP contribution in [0.3, 0.4) is 0 Å². The Bertz CT molecular complexity index is 1550. The normalized spacial score (nSPS) is 11.5. The maximum atomic E-state index is 6.15. The summed E-state index contributed by atoms with van der Waals surface area (Å²) in [5.41, 5.74) is 5.69. The zero-order valence-corrected chi connectivity index (χ0v) is 16.2. The molecule has 0 fully saturated rings. The summed E-state index contributed by atoms with van der Waals surface area (Å²) in [6, 6.07) is 32.7. The third kappa shape index (κ3) is 2.54. The van der Waals surface area contributed by atoms with Crippen LogP contribution in [0.1, 0.15) is 0 Å². The second kappa shape index (κ2) is 6.56. The van der Waals surface area contributed by atoms with Crippen LogP contribution in [-0.2, 0) is 0 Å². The number of para-hydroxylation sites is 2. The number of aromatic nitrogens is 3. The van der Waals surface area contributed by atoms with Crippen molar-refractivity contribution in [2.45, 2.75) is 0 Å². The predicted molar refractivity (Wildman–Crippen MR) is 125 cm³/mol. The minimum Gasteiger partial charge on any atom is -0.278 e. The van der Waals surface area contributed by atoms with Gasteiger partial charge in [-0.05, 0) is 18.2 Å². The molecule has 138 valence electrons. The quantitative estimate of drug-likeness (QED) is 0.387. The first-order valence-corrected chi connectivity index (χ1v) is 9.91. The monoisotopic (exact) mass is 381 g/mol. The summed E-state index contributed by atoms with van der Waals surface area (Å²) in [5, 5.41) is 3.33. The molecule has 0 saturated carbocycles. The highest BCUT2D eigenvalue weighted by Gasteiger charge is 2.16. The molecular weight excluding hydrogens is 365 g/mol. The Morgan fingerprint density at radius 1 is 0.600 bits per heavy atom. The number of hydrogen-bond acceptors (Lipinski definition) is 2. The minimum atomic E-state index is 0.643. The lowest BCUT2D eigenvalue weighted by Gasteiger charge is -2.11. The Hall–Kier alpha value is -3.92. The molecule has 6 aromatic rings. The maximum absolute atomic E-state index is 6.15. The first-order valence-electron chi connectivity index (χ1n) is 9.91. The summed E-state index contributed by atoms with van der Waals surface area (Å²) in [7, 11) is 6.15. The number of hydrogen-bond donors (Lipinski definition) is 0. The van der Waals surface area contributed by atoms with E-state index in [9.17, 15) is 0 Å². The van der Waals surface area contributed by atoms with Crippen LogP contribution in [0.2, 0.25) is 0 Å². The van der Waals surface area contributed by atoms with Crippen molar-refractivity contribution in [3.8, 4) is 17.2 Å². The van der Waals surface area contributed by atoms with Crippen LogP contribution in [0.25, 0.3) is 49.9 Å². The van der Waals surface area contributed by atoms with E-state index in [1.54, 1.807) is 0 Å². The molecule has 4 heteroatoms. The van der Waals surface area contributed by atoms with Gasteiger partial charge in [0.2, 0.25) is 5.95 Å². The van der Waals surface area contributed by atoms with Gasteiger partial charge in [0.25, 0.3) is 0 Å². The molecule has 2 aromatic heterocycles. The summed E-state index contributed by atoms with van der Waals surface area (Å²) < 4.78 is 2.11. The van der Waals surface area contributed by atoms with E-state index in [2.05, 4.69) is 47.0 Å². The predicted octanol–water partition coefficient (Wildman–Crippen LogP) is 5.19. The average Bonchev–Trinajstić information content (AvgIpc) is 3.12. The van der Waals surface area contributed by atoms with Crippen molar-refractivity contribution in [3.05, 3.63) is 97.1 Å². The second-order valence-electron chi connectivity index (χ2n) is 7.38. The van der Waals surface area contributed by atoms with Gasteiger partial charge in [0.05, 0.1) is 22.2 Å². The minimum absolute atomic E-state index is 0.643. The molecule has 30 heavy (non-hydrogen) atoms. The van der Waals surface area contributed by atoms with Crippen LogP contribution in [0.15, 0.2) is 97.1 Å². The fourth-order valence-corrected chi connectivity index (χ4v) is 4.18. The summed E-state index contributed by atoms with van der Waals surface area (Å²) in [4.78, 5) is 10.00. The first-order chi connectivity index (χ1) is 14.8. The van der Waals surface area contributed by atoms with E-state index in [0.29, 0.717) is 5.95 Å². The van der Waals surface area contributed by atoms with Gasteiger partial charge in [-0.3, -0.25) is 4.57 Å². The van der Waals surface area contributed by atoms with Crippen LogP contribution in [0.5, 0.6) is 0 Å². The van der Waals surface area contributed by atoms with Crippen molar-refractivity contribution in [2.75, 3.05) is 0 Å². The van der Waals surface area contributed by atoms with Crippen LogP contribution < -0.4 is 5.46 Å². The Morgan fingerprint density at radius 2 is 1.30 bits per heavy atom. The Labute approximate surface area is 175 Å². The number of fused-ring (bicyclic) bond motifs is 4. The van der Waals surface area contributed by atoms with Gasteiger partial charge in [0.1, 0.15) is 7.85 Å². The smallest absolute Gasteiger partial charge is 0.235 e. The fraction of sp³-hybridized carbons (Fsp3) is 0. The summed E-state index contributed by atoms with van der Waals surface area (Å²) >= 11 is 0. The number of benzene rings is 4. The molecule has 0 saturated heterocycles. The van der Waals surface area contributed by atoms with E-state index < -0.39 is 0 Å². The molecule has 4 aromatic carbocycles. The zero-order chi connectivity index (χ0) is 20.1. The SMILES string of the molecule is [B]c1ccc2c3ccccc3n(-c3nc(-c4ccccc4)c4ccccc4n3)c2c1. The molecule has 0 atom stereocenters. The molecule has 0 N–H and O–H groups in total. The third-order valence-corrected chi connectivity index (χ3v) is 5.54. The number of nitrogens with zero attached hydrogens (tertiary/aromatic N) is 3. The van der Waals surface area contributed by atoms with E-state index in [0.717, 1.165) is 49.4 Å². The van der Waals surface area contributed by atoms with E-state index >= 15 is 0 Å². The topological polar surface area (TPSA) is 30.7 Å². The van der Waals surface area contributed by atoms with Crippen LogP contribution in [0, 0.1) is 0 Å². The lowest BCUT2D eigenvalue weighted by Crippen LogP contribution is -2.06. The van der Waals surface area contributed by atoms with Gasteiger partial charge in [-0.2, -0.15) is 0 Å². The van der Waals surface area contributed by atoms with Gasteiger partial charge in [0, 0.05) is 21.7 Å². The lowest BCUT2D eigenvalue weighted by atomic mass is 9.95. The van der Waals surface area contributed by atoms with E-state index in [-0.39, 0.29) is 0 Å². The van der Waals surface area contributed by atoms with Gasteiger partial charge in [0.15, 0.2) is 0 Å². The van der Waals surface area contributed by atoms with Crippen molar-refractivity contribution >= 4 is 46.0 Å². The lowest BCUT2D eigenvalue weighted by molar-refractivity contribution is 1.01. The summed E-state index contributed by atoms with van der Waals surface area (Å²) in [6.07, 6.45) is 0. The number of rotatable bonds is 2. The molecule has 0 aliphatic heterocycles. The van der Waals surface area contributed by atoms with E-state index in [4.69, 9.17) is 17.8 Å². The highest BCUT2D eigenvalue weighted by Crippen LogP contribution is 2.32. The molecule has 6 rings (SSSR count). The highest BCUT2D eigenvalue weighted by atomic mass is 15.2.